The number of fused-ring (bicyclic) bond motifs is 1. The van der Waals surface area contributed by atoms with Gasteiger partial charge >= 0.3 is 0 Å². The van der Waals surface area contributed by atoms with Crippen molar-refractivity contribution in [1.29, 1.82) is 0 Å². The van der Waals surface area contributed by atoms with Gasteiger partial charge in [0, 0.05) is 24.3 Å². The van der Waals surface area contributed by atoms with Crippen LogP contribution in [0.1, 0.15) is 28.5 Å². The summed E-state index contributed by atoms with van der Waals surface area (Å²) in [6.45, 7) is 8.19. The van der Waals surface area contributed by atoms with Gasteiger partial charge in [-0.25, -0.2) is 5.01 Å². The molecule has 1 N–H and O–H groups in total. The summed E-state index contributed by atoms with van der Waals surface area (Å²) >= 11 is 0. The Morgan fingerprint density at radius 3 is 2.75 bits per heavy atom. The Hall–Kier alpha value is -4.19. The summed E-state index contributed by atoms with van der Waals surface area (Å²) in [5.74, 6) is -0.174. The second kappa shape index (κ2) is 9.31. The lowest BCUT2D eigenvalue weighted by atomic mass is 10.1. The third-order valence-corrected chi connectivity index (χ3v) is 4.93. The zero-order valence-electron chi connectivity index (χ0n) is 18.2. The number of hydrogen-bond donors (Lipinski definition) is 1. The van der Waals surface area contributed by atoms with E-state index in [0.29, 0.717) is 17.8 Å². The van der Waals surface area contributed by atoms with E-state index in [1.54, 1.807) is 17.1 Å². The summed E-state index contributed by atoms with van der Waals surface area (Å²) in [4.78, 5) is 19.2. The van der Waals surface area contributed by atoms with Gasteiger partial charge in [-0.2, -0.15) is 9.89 Å². The third-order valence-electron chi connectivity index (χ3n) is 4.93. The number of hydrogen-bond acceptors (Lipinski definition) is 4. The van der Waals surface area contributed by atoms with E-state index in [4.69, 9.17) is 0 Å². The molecule has 1 amide bonds. The van der Waals surface area contributed by atoms with Crippen LogP contribution in [-0.2, 0) is 0 Å². The molecule has 0 radical (unpaired) electrons. The van der Waals surface area contributed by atoms with Gasteiger partial charge in [-0.3, -0.25) is 9.78 Å². The molecule has 4 rings (SSSR count). The van der Waals surface area contributed by atoms with Crippen LogP contribution in [0, 0.1) is 6.92 Å². The van der Waals surface area contributed by atoms with Gasteiger partial charge in [0.05, 0.1) is 28.7 Å². The summed E-state index contributed by atoms with van der Waals surface area (Å²) in [5.41, 5.74) is 4.98. The minimum Gasteiger partial charge on any atom is -0.348 e. The molecule has 0 spiro atoms. The third kappa shape index (κ3) is 4.59. The highest BCUT2D eigenvalue weighted by molar-refractivity contribution is 6.00. The van der Waals surface area contributed by atoms with Gasteiger partial charge in [-0.15, -0.1) is 0 Å². The molecule has 0 fully saturated rings. The molecule has 6 nitrogen and oxygen atoms in total. The minimum atomic E-state index is -0.174. The van der Waals surface area contributed by atoms with Crippen LogP contribution in [0.15, 0.2) is 91.4 Å². The molecule has 0 saturated carbocycles. The van der Waals surface area contributed by atoms with Gasteiger partial charge in [0.2, 0.25) is 0 Å². The van der Waals surface area contributed by atoms with Crippen molar-refractivity contribution >= 4 is 28.6 Å². The lowest BCUT2D eigenvalue weighted by Crippen LogP contribution is -2.30. The molecule has 0 aliphatic rings. The fourth-order valence-electron chi connectivity index (χ4n) is 3.36. The second-order valence-electron chi connectivity index (χ2n) is 7.67. The number of nitrogens with zero attached hydrogens (tertiary/aromatic N) is 4. The minimum absolute atomic E-state index is 0.174. The number of benzene rings is 2. The van der Waals surface area contributed by atoms with Gasteiger partial charge < -0.3 is 5.32 Å². The Labute approximate surface area is 187 Å². The number of para-hydroxylation sites is 2. The largest absolute Gasteiger partial charge is 0.348 e. The summed E-state index contributed by atoms with van der Waals surface area (Å²) in [5, 5.41) is 10.4. The Kier molecular flexibility index (Phi) is 6.12. The second-order valence-corrected chi connectivity index (χ2v) is 7.67. The molecule has 2 heterocycles. The standard InChI is InChI=1S/C26H25N5O/c1-19(2)17-28-26(32)23-9-5-7-11-25(23)30(15-13-22-16-20(3)12-14-27-22)31-24-10-6-4-8-21(24)18-29-31/h4-16,18H,1,17H2,2-3H3,(H,28,32). The Balaban J connectivity index is 1.82. The summed E-state index contributed by atoms with van der Waals surface area (Å²) in [7, 11) is 0. The van der Waals surface area contributed by atoms with Crippen LogP contribution in [0.4, 0.5) is 5.69 Å². The Morgan fingerprint density at radius 1 is 1.16 bits per heavy atom. The first-order chi connectivity index (χ1) is 15.5. The van der Waals surface area contributed by atoms with Gasteiger partial charge in [0.1, 0.15) is 0 Å². The highest BCUT2D eigenvalue weighted by atomic mass is 16.1. The lowest BCUT2D eigenvalue weighted by Gasteiger charge is -2.24. The van der Waals surface area contributed by atoms with E-state index in [0.717, 1.165) is 27.7 Å². The van der Waals surface area contributed by atoms with Crippen molar-refractivity contribution in [2.24, 2.45) is 0 Å². The predicted molar refractivity (Wildman–Crippen MR) is 129 cm³/mol. The molecule has 0 saturated heterocycles. The SMILES string of the molecule is C=C(C)CNC(=O)c1ccccc1N(C=Cc1cc(C)ccn1)n1ncc2ccccc21. The molecule has 0 aliphatic heterocycles. The van der Waals surface area contributed by atoms with Crippen molar-refractivity contribution in [2.45, 2.75) is 13.8 Å². The van der Waals surface area contributed by atoms with E-state index in [1.165, 1.54) is 0 Å². The predicted octanol–water partition coefficient (Wildman–Crippen LogP) is 4.99. The van der Waals surface area contributed by atoms with Crippen LogP contribution < -0.4 is 10.3 Å². The number of carbonyl (C=O) groups excluding carboxylic acids is 1. The maximum Gasteiger partial charge on any atom is 0.253 e. The monoisotopic (exact) mass is 423 g/mol. The van der Waals surface area contributed by atoms with E-state index >= 15 is 0 Å². The summed E-state index contributed by atoms with van der Waals surface area (Å²) < 4.78 is 0. The average molecular weight is 424 g/mol. The maximum absolute atomic E-state index is 13.0. The average Bonchev–Trinajstić information content (AvgIpc) is 3.22. The Morgan fingerprint density at radius 2 is 1.94 bits per heavy atom. The van der Waals surface area contributed by atoms with Crippen LogP contribution in [0.5, 0.6) is 0 Å². The molecule has 6 heteroatoms. The van der Waals surface area contributed by atoms with Crippen LogP contribution >= 0.6 is 0 Å². The molecular weight excluding hydrogens is 398 g/mol. The van der Waals surface area contributed by atoms with Crippen molar-refractivity contribution < 1.29 is 4.79 Å². The molecule has 32 heavy (non-hydrogen) atoms. The molecule has 2 aromatic heterocycles. The molecule has 2 aromatic carbocycles. The van der Waals surface area contributed by atoms with Crippen molar-refractivity contribution in [3.05, 3.63) is 108 Å². The zero-order chi connectivity index (χ0) is 22.5. The number of amides is 1. The number of aromatic nitrogens is 3. The van der Waals surface area contributed by atoms with Gasteiger partial charge in [-0.1, -0.05) is 42.5 Å². The van der Waals surface area contributed by atoms with E-state index < -0.39 is 0 Å². The summed E-state index contributed by atoms with van der Waals surface area (Å²) in [6, 6.07) is 19.4. The normalized spacial score (nSPS) is 11.1. The zero-order valence-corrected chi connectivity index (χ0v) is 18.2. The molecule has 160 valence electrons. The number of nitrogens with one attached hydrogen (secondary N) is 1. The number of anilines is 1. The molecular formula is C26H25N5O. The first-order valence-electron chi connectivity index (χ1n) is 10.4. The fourth-order valence-corrected chi connectivity index (χ4v) is 3.36. The van der Waals surface area contributed by atoms with Crippen LogP contribution in [0.3, 0.4) is 0 Å². The van der Waals surface area contributed by atoms with Gasteiger partial charge in [0.25, 0.3) is 5.91 Å². The van der Waals surface area contributed by atoms with Crippen LogP contribution in [0.25, 0.3) is 17.0 Å². The van der Waals surface area contributed by atoms with E-state index in [9.17, 15) is 4.79 Å². The number of aryl methyl sites for hydroxylation is 1. The molecule has 0 unspecified atom stereocenters. The number of pyridine rings is 1. The first-order valence-corrected chi connectivity index (χ1v) is 10.4. The summed E-state index contributed by atoms with van der Waals surface area (Å²) in [6.07, 6.45) is 7.38. The highest BCUT2D eigenvalue weighted by Gasteiger charge is 2.18. The maximum atomic E-state index is 13.0. The van der Waals surface area contributed by atoms with Crippen molar-refractivity contribution in [3.8, 4) is 0 Å². The number of rotatable bonds is 7. The lowest BCUT2D eigenvalue weighted by molar-refractivity contribution is 0.0957. The highest BCUT2D eigenvalue weighted by Crippen LogP contribution is 2.25. The van der Waals surface area contributed by atoms with Crippen molar-refractivity contribution in [3.63, 3.8) is 0 Å². The molecule has 0 atom stereocenters. The van der Waals surface area contributed by atoms with E-state index in [-0.39, 0.29) is 5.91 Å². The van der Waals surface area contributed by atoms with Crippen molar-refractivity contribution in [1.82, 2.24) is 20.2 Å². The Bertz CT molecular complexity index is 1300. The van der Waals surface area contributed by atoms with Gasteiger partial charge in [0.15, 0.2) is 0 Å². The molecule has 4 aromatic rings. The van der Waals surface area contributed by atoms with E-state index in [1.807, 2.05) is 91.9 Å². The first kappa shape index (κ1) is 21.1. The number of carbonyl (C=O) groups is 1. The van der Waals surface area contributed by atoms with E-state index in [2.05, 4.69) is 22.0 Å². The molecule has 0 aliphatic carbocycles. The smallest absolute Gasteiger partial charge is 0.253 e. The quantitative estimate of drug-likeness (QED) is 0.426. The topological polar surface area (TPSA) is 63.1 Å². The van der Waals surface area contributed by atoms with Crippen LogP contribution in [0.2, 0.25) is 0 Å². The van der Waals surface area contributed by atoms with Crippen molar-refractivity contribution in [2.75, 3.05) is 11.6 Å². The fraction of sp³-hybridized carbons (Fsp3) is 0.115. The van der Waals surface area contributed by atoms with Crippen LogP contribution in [-0.4, -0.2) is 27.3 Å². The molecule has 0 bridgehead atoms. The van der Waals surface area contributed by atoms with Gasteiger partial charge in [-0.05, 0) is 55.8 Å².